The predicted molar refractivity (Wildman–Crippen MR) is 72.7 cm³/mol. The highest BCUT2D eigenvalue weighted by Gasteiger charge is 2.34. The smallest absolute Gasteiger partial charge is 0.307 e. The quantitative estimate of drug-likeness (QED) is 0.902. The number of hydrogen-bond donors (Lipinski definition) is 1. The van der Waals surface area contributed by atoms with Gasteiger partial charge in [0.15, 0.2) is 9.84 Å². The Balaban J connectivity index is 2.86. The van der Waals surface area contributed by atoms with Crippen LogP contribution >= 0.6 is 11.3 Å². The predicted octanol–water partition coefficient (Wildman–Crippen LogP) is 2.20. The van der Waals surface area contributed by atoms with Crippen LogP contribution in [0, 0.1) is 5.92 Å². The van der Waals surface area contributed by atoms with Gasteiger partial charge in [0, 0.05) is 0 Å². The maximum Gasteiger partial charge on any atom is 0.307 e. The van der Waals surface area contributed by atoms with Gasteiger partial charge >= 0.3 is 5.97 Å². The molecule has 0 aliphatic rings. The molecule has 4 nitrogen and oxygen atoms in total. The molecule has 1 rings (SSSR count). The normalized spacial score (nSPS) is 14.4. The van der Waals surface area contributed by atoms with E-state index in [1.807, 2.05) is 16.8 Å². The maximum atomic E-state index is 12.0. The Morgan fingerprint density at radius 3 is 2.44 bits per heavy atom. The van der Waals surface area contributed by atoms with Gasteiger partial charge in [-0.3, -0.25) is 4.79 Å². The van der Waals surface area contributed by atoms with Crippen molar-refractivity contribution in [2.45, 2.75) is 31.9 Å². The van der Waals surface area contributed by atoms with E-state index < -0.39 is 26.5 Å². The first-order valence-electron chi connectivity index (χ1n) is 5.59. The van der Waals surface area contributed by atoms with Crippen LogP contribution < -0.4 is 0 Å². The van der Waals surface area contributed by atoms with Crippen LogP contribution in [0.3, 0.4) is 0 Å². The fraction of sp³-hybridized carbons (Fsp3) is 0.583. The first-order chi connectivity index (χ1) is 8.13. The standard InChI is InChI=1S/C12H18O4S2/c1-12(2,3)18(15,16)8-10(11(13)14)6-9-4-5-17-7-9/h4-5,7,10H,6,8H2,1-3H3,(H,13,14)/t10-/m1/s1. The van der Waals surface area contributed by atoms with E-state index in [1.54, 1.807) is 20.8 Å². The van der Waals surface area contributed by atoms with Crippen molar-refractivity contribution in [2.75, 3.05) is 5.75 Å². The largest absolute Gasteiger partial charge is 0.481 e. The number of aliphatic carboxylic acids is 1. The Bertz CT molecular complexity index is 495. The number of hydrogen-bond acceptors (Lipinski definition) is 4. The van der Waals surface area contributed by atoms with E-state index in [2.05, 4.69) is 0 Å². The van der Waals surface area contributed by atoms with Crippen LogP contribution in [0.25, 0.3) is 0 Å². The molecule has 0 bridgehead atoms. The molecule has 6 heteroatoms. The second kappa shape index (κ2) is 5.40. The molecule has 0 aromatic carbocycles. The van der Waals surface area contributed by atoms with Crippen molar-refractivity contribution < 1.29 is 18.3 Å². The van der Waals surface area contributed by atoms with Crippen LogP contribution in [-0.2, 0) is 21.1 Å². The highest BCUT2D eigenvalue weighted by Crippen LogP contribution is 2.21. The lowest BCUT2D eigenvalue weighted by Gasteiger charge is -2.21. The number of carboxylic acids is 1. The molecule has 1 aromatic heterocycles. The SMILES string of the molecule is CC(C)(C)S(=O)(=O)C[C@@H](Cc1ccsc1)C(=O)O. The van der Waals surface area contributed by atoms with Crippen molar-refractivity contribution in [1.29, 1.82) is 0 Å². The minimum absolute atomic E-state index is 0.258. The highest BCUT2D eigenvalue weighted by molar-refractivity contribution is 7.92. The third-order valence-corrected chi connectivity index (χ3v) is 6.20. The summed E-state index contributed by atoms with van der Waals surface area (Å²) in [5.41, 5.74) is 0.872. The summed E-state index contributed by atoms with van der Waals surface area (Å²) >= 11 is 1.47. The van der Waals surface area contributed by atoms with Crippen LogP contribution in [0.5, 0.6) is 0 Å². The molecule has 18 heavy (non-hydrogen) atoms. The molecule has 0 aliphatic carbocycles. The molecule has 1 N–H and O–H groups in total. The summed E-state index contributed by atoms with van der Waals surface area (Å²) in [6.45, 7) is 4.77. The highest BCUT2D eigenvalue weighted by atomic mass is 32.2. The zero-order valence-electron chi connectivity index (χ0n) is 10.7. The van der Waals surface area contributed by atoms with Gasteiger partial charge in [0.1, 0.15) is 0 Å². The number of sulfone groups is 1. The molecule has 102 valence electrons. The van der Waals surface area contributed by atoms with Crippen molar-refractivity contribution in [2.24, 2.45) is 5.92 Å². The average molecular weight is 290 g/mol. The Hall–Kier alpha value is -0.880. The molecule has 0 aliphatic heterocycles. The topological polar surface area (TPSA) is 71.4 Å². The van der Waals surface area contributed by atoms with Crippen LogP contribution in [0.4, 0.5) is 0 Å². The van der Waals surface area contributed by atoms with Gasteiger partial charge in [-0.1, -0.05) is 0 Å². The summed E-state index contributed by atoms with van der Waals surface area (Å²) < 4.78 is 23.1. The summed E-state index contributed by atoms with van der Waals surface area (Å²) in [4.78, 5) is 11.2. The molecule has 0 saturated carbocycles. The summed E-state index contributed by atoms with van der Waals surface area (Å²) in [5.74, 6) is -2.26. The Labute approximate surface area is 112 Å². The van der Waals surface area contributed by atoms with Crippen LogP contribution in [0.15, 0.2) is 16.8 Å². The zero-order valence-corrected chi connectivity index (χ0v) is 12.3. The van der Waals surface area contributed by atoms with E-state index >= 15 is 0 Å². The minimum atomic E-state index is -3.42. The van der Waals surface area contributed by atoms with E-state index in [9.17, 15) is 13.2 Å². The summed E-state index contributed by atoms with van der Waals surface area (Å²) in [6.07, 6.45) is 0.258. The Morgan fingerprint density at radius 2 is 2.06 bits per heavy atom. The molecule has 0 fully saturated rings. The van der Waals surface area contributed by atoms with E-state index in [0.29, 0.717) is 0 Å². The third-order valence-electron chi connectivity index (χ3n) is 2.77. The van der Waals surface area contributed by atoms with Gasteiger partial charge in [0.2, 0.25) is 0 Å². The first kappa shape index (κ1) is 15.2. The van der Waals surface area contributed by atoms with Crippen molar-refractivity contribution in [1.82, 2.24) is 0 Å². The van der Waals surface area contributed by atoms with E-state index in [0.717, 1.165) is 5.56 Å². The number of carboxylic acid groups (broad SMARTS) is 1. The van der Waals surface area contributed by atoms with Gasteiger partial charge in [-0.15, -0.1) is 0 Å². The molecule has 0 unspecified atom stereocenters. The molecule has 1 heterocycles. The molecule has 0 amide bonds. The van der Waals surface area contributed by atoms with E-state index in [1.165, 1.54) is 11.3 Å². The average Bonchev–Trinajstić information content (AvgIpc) is 2.67. The second-order valence-electron chi connectivity index (χ2n) is 5.26. The first-order valence-corrected chi connectivity index (χ1v) is 8.19. The Morgan fingerprint density at radius 1 is 1.44 bits per heavy atom. The van der Waals surface area contributed by atoms with Crippen molar-refractivity contribution in [3.05, 3.63) is 22.4 Å². The van der Waals surface area contributed by atoms with Crippen molar-refractivity contribution in [3.63, 3.8) is 0 Å². The van der Waals surface area contributed by atoms with Gasteiger partial charge < -0.3 is 5.11 Å². The van der Waals surface area contributed by atoms with Crippen LogP contribution in [0.2, 0.25) is 0 Å². The van der Waals surface area contributed by atoms with Gasteiger partial charge in [-0.05, 0) is 49.6 Å². The summed E-state index contributed by atoms with van der Waals surface area (Å²) in [5, 5.41) is 12.8. The Kier molecular flexibility index (Phi) is 4.55. The lowest BCUT2D eigenvalue weighted by molar-refractivity contribution is -0.140. The summed E-state index contributed by atoms with van der Waals surface area (Å²) in [6, 6.07) is 1.82. The lowest BCUT2D eigenvalue weighted by atomic mass is 10.0. The molecule has 1 aromatic rings. The van der Waals surface area contributed by atoms with Crippen LogP contribution in [-0.4, -0.2) is 30.0 Å². The third kappa shape index (κ3) is 3.81. The second-order valence-corrected chi connectivity index (χ2v) is 8.83. The van der Waals surface area contributed by atoms with Gasteiger partial charge in [0.05, 0.1) is 16.4 Å². The summed E-state index contributed by atoms with van der Waals surface area (Å²) in [7, 11) is -3.42. The monoisotopic (exact) mass is 290 g/mol. The molecular formula is C12H18O4S2. The molecule has 0 saturated heterocycles. The van der Waals surface area contributed by atoms with E-state index in [4.69, 9.17) is 5.11 Å². The number of thiophene rings is 1. The van der Waals surface area contributed by atoms with Crippen molar-refractivity contribution in [3.8, 4) is 0 Å². The van der Waals surface area contributed by atoms with Gasteiger partial charge in [-0.2, -0.15) is 11.3 Å². The van der Waals surface area contributed by atoms with Gasteiger partial charge in [-0.25, -0.2) is 8.42 Å². The number of rotatable bonds is 5. The van der Waals surface area contributed by atoms with E-state index in [-0.39, 0.29) is 12.2 Å². The molecule has 0 spiro atoms. The van der Waals surface area contributed by atoms with Crippen molar-refractivity contribution >= 4 is 27.1 Å². The maximum absolute atomic E-state index is 12.0. The zero-order chi connectivity index (χ0) is 14.0. The minimum Gasteiger partial charge on any atom is -0.481 e. The van der Waals surface area contributed by atoms with Crippen LogP contribution in [0.1, 0.15) is 26.3 Å². The number of carbonyl (C=O) groups is 1. The van der Waals surface area contributed by atoms with Gasteiger partial charge in [0.25, 0.3) is 0 Å². The molecular weight excluding hydrogens is 272 g/mol. The molecule has 0 radical (unpaired) electrons. The fourth-order valence-electron chi connectivity index (χ4n) is 1.43. The lowest BCUT2D eigenvalue weighted by Crippen LogP contribution is -2.36. The molecule has 1 atom stereocenters. The fourth-order valence-corrected chi connectivity index (χ4v) is 3.40.